The van der Waals surface area contributed by atoms with Crippen LogP contribution in [-0.4, -0.2) is 9.97 Å². The van der Waals surface area contributed by atoms with Gasteiger partial charge in [-0.3, -0.25) is 0 Å². The molecule has 3 heteroatoms. The second-order valence-corrected chi connectivity index (χ2v) is 5.31. The average Bonchev–Trinajstić information content (AvgIpc) is 2.83. The first-order chi connectivity index (χ1) is 9.15. The molecule has 0 saturated heterocycles. The van der Waals surface area contributed by atoms with Gasteiger partial charge < -0.3 is 4.98 Å². The minimum atomic E-state index is -0.242. The van der Waals surface area contributed by atoms with Crippen LogP contribution in [0.25, 0.3) is 11.0 Å². The SMILES string of the molecule is Cc1cc(C)c2nc(C(Cl)c3ccccc3)[nH]c2c1. The third-order valence-electron chi connectivity index (χ3n) is 3.27. The van der Waals surface area contributed by atoms with Crippen LogP contribution in [-0.2, 0) is 0 Å². The average molecular weight is 271 g/mol. The zero-order chi connectivity index (χ0) is 13.4. The summed E-state index contributed by atoms with van der Waals surface area (Å²) in [6.07, 6.45) is 0. The van der Waals surface area contributed by atoms with Crippen molar-refractivity contribution < 1.29 is 0 Å². The van der Waals surface area contributed by atoms with E-state index in [4.69, 9.17) is 11.6 Å². The molecule has 0 bridgehead atoms. The minimum absolute atomic E-state index is 0.242. The highest BCUT2D eigenvalue weighted by Gasteiger charge is 2.15. The normalized spacial score (nSPS) is 12.8. The molecular weight excluding hydrogens is 256 g/mol. The van der Waals surface area contributed by atoms with Crippen molar-refractivity contribution in [1.82, 2.24) is 9.97 Å². The van der Waals surface area contributed by atoms with Crippen LogP contribution in [0.15, 0.2) is 42.5 Å². The topological polar surface area (TPSA) is 28.7 Å². The van der Waals surface area contributed by atoms with E-state index >= 15 is 0 Å². The Kier molecular flexibility index (Phi) is 3.03. The van der Waals surface area contributed by atoms with Crippen molar-refractivity contribution >= 4 is 22.6 Å². The second-order valence-electron chi connectivity index (χ2n) is 4.87. The van der Waals surface area contributed by atoms with Gasteiger partial charge in [-0.25, -0.2) is 4.98 Å². The van der Waals surface area contributed by atoms with E-state index in [1.165, 1.54) is 11.1 Å². The number of alkyl halides is 1. The number of aromatic nitrogens is 2. The molecule has 0 aliphatic carbocycles. The van der Waals surface area contributed by atoms with Crippen molar-refractivity contribution in [3.8, 4) is 0 Å². The van der Waals surface area contributed by atoms with E-state index in [0.717, 1.165) is 22.4 Å². The summed E-state index contributed by atoms with van der Waals surface area (Å²) in [7, 11) is 0. The lowest BCUT2D eigenvalue weighted by molar-refractivity contribution is 1.00. The van der Waals surface area contributed by atoms with E-state index in [-0.39, 0.29) is 5.38 Å². The number of H-pyrrole nitrogens is 1. The summed E-state index contributed by atoms with van der Waals surface area (Å²) in [6.45, 7) is 4.16. The van der Waals surface area contributed by atoms with Crippen LogP contribution >= 0.6 is 11.6 Å². The van der Waals surface area contributed by atoms with Gasteiger partial charge in [0.05, 0.1) is 11.0 Å². The zero-order valence-corrected chi connectivity index (χ0v) is 11.7. The van der Waals surface area contributed by atoms with Gasteiger partial charge in [-0.2, -0.15) is 0 Å². The monoisotopic (exact) mass is 270 g/mol. The van der Waals surface area contributed by atoms with Gasteiger partial charge in [0.1, 0.15) is 11.2 Å². The molecule has 2 aromatic carbocycles. The summed E-state index contributed by atoms with van der Waals surface area (Å²) in [5, 5.41) is -0.242. The molecule has 0 saturated carbocycles. The van der Waals surface area contributed by atoms with Crippen LogP contribution in [0.5, 0.6) is 0 Å². The predicted molar refractivity (Wildman–Crippen MR) is 79.7 cm³/mol. The zero-order valence-electron chi connectivity index (χ0n) is 10.9. The highest BCUT2D eigenvalue weighted by atomic mass is 35.5. The largest absolute Gasteiger partial charge is 0.340 e. The second kappa shape index (κ2) is 4.71. The lowest BCUT2D eigenvalue weighted by Crippen LogP contribution is -1.95. The Balaban J connectivity index is 2.09. The number of aromatic amines is 1. The van der Waals surface area contributed by atoms with Crippen molar-refractivity contribution in [3.05, 3.63) is 65.0 Å². The molecule has 0 fully saturated rings. The molecule has 96 valence electrons. The Morgan fingerprint density at radius 3 is 2.58 bits per heavy atom. The summed E-state index contributed by atoms with van der Waals surface area (Å²) in [6, 6.07) is 14.2. The number of nitrogens with one attached hydrogen (secondary N) is 1. The molecule has 1 aromatic heterocycles. The van der Waals surface area contributed by atoms with Crippen LogP contribution in [0.2, 0.25) is 0 Å². The minimum Gasteiger partial charge on any atom is -0.340 e. The number of nitrogens with zero attached hydrogens (tertiary/aromatic N) is 1. The van der Waals surface area contributed by atoms with Gasteiger partial charge in [0, 0.05) is 0 Å². The molecule has 0 aliphatic heterocycles. The van der Waals surface area contributed by atoms with E-state index in [2.05, 4.69) is 35.9 Å². The van der Waals surface area contributed by atoms with Crippen LogP contribution in [0.1, 0.15) is 27.9 Å². The predicted octanol–water partition coefficient (Wildman–Crippen LogP) is 4.51. The van der Waals surface area contributed by atoms with Gasteiger partial charge in [0.15, 0.2) is 0 Å². The first-order valence-corrected chi connectivity index (χ1v) is 6.74. The summed E-state index contributed by atoms with van der Waals surface area (Å²) in [5.74, 6) is 0.802. The van der Waals surface area contributed by atoms with E-state index in [1.807, 2.05) is 30.3 Å². The van der Waals surface area contributed by atoms with Crippen molar-refractivity contribution in [2.75, 3.05) is 0 Å². The van der Waals surface area contributed by atoms with Crippen LogP contribution < -0.4 is 0 Å². The molecule has 0 spiro atoms. The van der Waals surface area contributed by atoms with Crippen LogP contribution in [0, 0.1) is 13.8 Å². The maximum atomic E-state index is 6.50. The van der Waals surface area contributed by atoms with Crippen LogP contribution in [0.3, 0.4) is 0 Å². The number of hydrogen-bond donors (Lipinski definition) is 1. The molecule has 3 rings (SSSR count). The first-order valence-electron chi connectivity index (χ1n) is 6.31. The number of rotatable bonds is 2. The molecule has 0 radical (unpaired) electrons. The molecule has 1 atom stereocenters. The summed E-state index contributed by atoms with van der Waals surface area (Å²) >= 11 is 6.50. The van der Waals surface area contributed by atoms with Crippen molar-refractivity contribution in [3.63, 3.8) is 0 Å². The number of hydrogen-bond acceptors (Lipinski definition) is 1. The Labute approximate surface area is 117 Å². The molecule has 1 unspecified atom stereocenters. The number of imidazole rings is 1. The quantitative estimate of drug-likeness (QED) is 0.682. The lowest BCUT2D eigenvalue weighted by Gasteiger charge is -2.05. The smallest absolute Gasteiger partial charge is 0.129 e. The Bertz CT molecular complexity index is 716. The summed E-state index contributed by atoms with van der Waals surface area (Å²) < 4.78 is 0. The van der Waals surface area contributed by atoms with Crippen LogP contribution in [0.4, 0.5) is 0 Å². The molecule has 0 aliphatic rings. The molecule has 19 heavy (non-hydrogen) atoms. The maximum Gasteiger partial charge on any atom is 0.129 e. The summed E-state index contributed by atoms with van der Waals surface area (Å²) in [4.78, 5) is 7.97. The van der Waals surface area contributed by atoms with E-state index in [1.54, 1.807) is 0 Å². The fourth-order valence-electron chi connectivity index (χ4n) is 2.39. The molecule has 1 N–H and O–H groups in total. The van der Waals surface area contributed by atoms with Crippen molar-refractivity contribution in [2.45, 2.75) is 19.2 Å². The van der Waals surface area contributed by atoms with Gasteiger partial charge in [-0.1, -0.05) is 36.4 Å². The Hall–Kier alpha value is -1.80. The fourth-order valence-corrected chi connectivity index (χ4v) is 2.64. The lowest BCUT2D eigenvalue weighted by atomic mass is 10.1. The number of fused-ring (bicyclic) bond motifs is 1. The number of benzene rings is 2. The molecule has 1 heterocycles. The van der Waals surface area contributed by atoms with E-state index in [9.17, 15) is 0 Å². The van der Waals surface area contributed by atoms with Gasteiger partial charge in [0.25, 0.3) is 0 Å². The van der Waals surface area contributed by atoms with Gasteiger partial charge in [-0.05, 0) is 36.6 Å². The summed E-state index contributed by atoms with van der Waals surface area (Å²) in [5.41, 5.74) is 5.51. The van der Waals surface area contributed by atoms with Crippen molar-refractivity contribution in [1.29, 1.82) is 0 Å². The number of aryl methyl sites for hydroxylation is 2. The van der Waals surface area contributed by atoms with E-state index in [0.29, 0.717) is 0 Å². The fraction of sp³-hybridized carbons (Fsp3) is 0.188. The van der Waals surface area contributed by atoms with Gasteiger partial charge in [-0.15, -0.1) is 11.6 Å². The van der Waals surface area contributed by atoms with Gasteiger partial charge in [0.2, 0.25) is 0 Å². The first kappa shape index (κ1) is 12.2. The van der Waals surface area contributed by atoms with E-state index < -0.39 is 0 Å². The highest BCUT2D eigenvalue weighted by Crippen LogP contribution is 2.29. The Morgan fingerprint density at radius 2 is 1.84 bits per heavy atom. The molecule has 0 amide bonds. The standard InChI is InChI=1S/C16H15ClN2/c1-10-8-11(2)15-13(9-10)18-16(19-15)14(17)12-6-4-3-5-7-12/h3-9,14H,1-2H3,(H,18,19). The van der Waals surface area contributed by atoms with Gasteiger partial charge >= 0.3 is 0 Å². The number of halogens is 1. The Morgan fingerprint density at radius 1 is 1.11 bits per heavy atom. The third-order valence-corrected chi connectivity index (χ3v) is 3.73. The molecular formula is C16H15ClN2. The maximum absolute atomic E-state index is 6.50. The van der Waals surface area contributed by atoms with Crippen molar-refractivity contribution in [2.24, 2.45) is 0 Å². The molecule has 3 aromatic rings. The third kappa shape index (κ3) is 2.24. The molecule has 2 nitrogen and oxygen atoms in total. The highest BCUT2D eigenvalue weighted by molar-refractivity contribution is 6.22.